The van der Waals surface area contributed by atoms with Crippen LogP contribution in [-0.4, -0.2) is 12.1 Å². The summed E-state index contributed by atoms with van der Waals surface area (Å²) in [5.74, 6) is -0.600. The molecule has 0 aliphatic heterocycles. The second-order valence-corrected chi connectivity index (χ2v) is 1.15. The summed E-state index contributed by atoms with van der Waals surface area (Å²) in [7, 11) is 0. The van der Waals surface area contributed by atoms with Crippen LogP contribution in [0, 0.1) is 0 Å². The summed E-state index contributed by atoms with van der Waals surface area (Å²) in [6.07, 6.45) is -0.875. The van der Waals surface area contributed by atoms with Crippen LogP contribution in [0.4, 0.5) is 4.79 Å². The van der Waals surface area contributed by atoms with E-state index in [2.05, 4.69) is 10.5 Å². The Morgan fingerprint density at radius 3 is 2.25 bits per heavy atom. The summed E-state index contributed by atoms with van der Waals surface area (Å²) in [4.78, 5) is 19.8. The summed E-state index contributed by atoms with van der Waals surface area (Å²) in [6, 6.07) is 0. The highest BCUT2D eigenvalue weighted by Crippen LogP contribution is 1.81. The lowest BCUT2D eigenvalue weighted by atomic mass is 10.5. The van der Waals surface area contributed by atoms with Gasteiger partial charge in [-0.1, -0.05) is 6.92 Å². The Morgan fingerprint density at radius 1 is 1.62 bits per heavy atom. The molecule has 0 aromatic heterocycles. The fourth-order valence-electron chi connectivity index (χ4n) is 0.184. The van der Waals surface area contributed by atoms with Crippen molar-refractivity contribution in [1.82, 2.24) is 0 Å². The van der Waals surface area contributed by atoms with Crippen LogP contribution in [0.5, 0.6) is 0 Å². The summed E-state index contributed by atoms with van der Waals surface area (Å²) in [5, 5.41) is 0. The first-order chi connectivity index (χ1) is 3.66. The van der Waals surface area contributed by atoms with Gasteiger partial charge in [0.1, 0.15) is 0 Å². The van der Waals surface area contributed by atoms with Gasteiger partial charge in [-0.05, 0) is 0 Å². The molecule has 2 N–H and O–H groups in total. The molecular weight excluding hydrogens is 110 g/mol. The van der Waals surface area contributed by atoms with Crippen LogP contribution in [0.3, 0.4) is 0 Å². The Labute approximate surface area is 46.6 Å². The van der Waals surface area contributed by atoms with Crippen molar-refractivity contribution in [2.24, 2.45) is 5.73 Å². The number of carbonyl (C=O) groups is 2. The number of hydrogen-bond donors (Lipinski definition) is 1. The number of nitrogens with two attached hydrogens (primary N) is 1. The van der Waals surface area contributed by atoms with Crippen molar-refractivity contribution in [2.75, 3.05) is 0 Å². The predicted molar refractivity (Wildman–Crippen MR) is 26.0 cm³/mol. The van der Waals surface area contributed by atoms with E-state index in [1.54, 1.807) is 6.92 Å². The maximum atomic E-state index is 10.1. The Kier molecular flexibility index (Phi) is 2.61. The third-order valence-electron chi connectivity index (χ3n) is 0.503. The van der Waals surface area contributed by atoms with E-state index in [0.717, 1.165) is 0 Å². The molecule has 0 rings (SSSR count). The number of primary amides is 1. The molecule has 0 aliphatic rings. The van der Waals surface area contributed by atoms with E-state index in [1.807, 2.05) is 0 Å². The lowest BCUT2D eigenvalue weighted by Crippen LogP contribution is -2.17. The molecule has 4 nitrogen and oxygen atoms in total. The topological polar surface area (TPSA) is 69.4 Å². The van der Waals surface area contributed by atoms with E-state index in [9.17, 15) is 9.59 Å². The third-order valence-corrected chi connectivity index (χ3v) is 0.503. The van der Waals surface area contributed by atoms with Gasteiger partial charge in [0.05, 0.1) is 0 Å². The largest absolute Gasteiger partial charge is 0.412 e. The van der Waals surface area contributed by atoms with Crippen LogP contribution in [0.2, 0.25) is 0 Å². The van der Waals surface area contributed by atoms with Gasteiger partial charge in [0.2, 0.25) is 0 Å². The Bertz CT molecular complexity index is 110. The summed E-state index contributed by atoms with van der Waals surface area (Å²) in [5.41, 5.74) is 4.49. The maximum Gasteiger partial charge on any atom is 0.412 e. The number of amides is 1. The smallest absolute Gasteiger partial charge is 0.376 e. The van der Waals surface area contributed by atoms with Gasteiger partial charge in [0.15, 0.2) is 0 Å². The van der Waals surface area contributed by atoms with Crippen LogP contribution in [0.15, 0.2) is 0 Å². The zero-order chi connectivity index (χ0) is 6.57. The van der Waals surface area contributed by atoms with Crippen LogP contribution >= 0.6 is 0 Å². The fourth-order valence-corrected chi connectivity index (χ4v) is 0.184. The second kappa shape index (κ2) is 3.01. The van der Waals surface area contributed by atoms with Crippen molar-refractivity contribution >= 4 is 12.1 Å². The molecule has 0 aromatic carbocycles. The van der Waals surface area contributed by atoms with E-state index >= 15 is 0 Å². The standard InChI is InChI=1S/C4H7NO3/c1-2-3(6)8-4(5)7/h2H2,1H3,(H2,5,7). The molecule has 0 aliphatic carbocycles. The van der Waals surface area contributed by atoms with E-state index in [0.29, 0.717) is 0 Å². The zero-order valence-corrected chi connectivity index (χ0v) is 4.51. The first-order valence-corrected chi connectivity index (χ1v) is 2.17. The summed E-state index contributed by atoms with van der Waals surface area (Å²) in [6.45, 7) is 1.57. The van der Waals surface area contributed by atoms with Gasteiger partial charge < -0.3 is 10.5 Å². The molecule has 0 saturated heterocycles. The van der Waals surface area contributed by atoms with Crippen molar-refractivity contribution in [2.45, 2.75) is 13.3 Å². The van der Waals surface area contributed by atoms with E-state index < -0.39 is 12.1 Å². The molecule has 0 bridgehead atoms. The van der Waals surface area contributed by atoms with Crippen LogP contribution in [0.1, 0.15) is 13.3 Å². The Hall–Kier alpha value is -1.06. The van der Waals surface area contributed by atoms with Crippen LogP contribution < -0.4 is 5.73 Å². The Balaban J connectivity index is 3.40. The van der Waals surface area contributed by atoms with E-state index in [4.69, 9.17) is 0 Å². The highest BCUT2D eigenvalue weighted by Gasteiger charge is 2.00. The van der Waals surface area contributed by atoms with Gasteiger partial charge >= 0.3 is 12.1 Å². The number of esters is 1. The van der Waals surface area contributed by atoms with Crippen LogP contribution in [0.25, 0.3) is 0 Å². The quantitative estimate of drug-likeness (QED) is 0.388. The normalized spacial score (nSPS) is 8.12. The molecule has 0 atom stereocenters. The molecule has 0 aromatic rings. The SMILES string of the molecule is CCC(=O)OC(N)=O. The minimum absolute atomic E-state index is 0.170. The van der Waals surface area contributed by atoms with Crippen molar-refractivity contribution in [3.05, 3.63) is 0 Å². The average molecular weight is 117 g/mol. The number of ether oxygens (including phenoxy) is 1. The van der Waals surface area contributed by atoms with E-state index in [1.165, 1.54) is 0 Å². The predicted octanol–water partition coefficient (Wildman–Crippen LogP) is 0.0183. The lowest BCUT2D eigenvalue weighted by Gasteiger charge is -1.91. The van der Waals surface area contributed by atoms with Crippen molar-refractivity contribution in [1.29, 1.82) is 0 Å². The minimum Gasteiger partial charge on any atom is -0.376 e. The van der Waals surface area contributed by atoms with Gasteiger partial charge in [0.25, 0.3) is 0 Å². The lowest BCUT2D eigenvalue weighted by molar-refractivity contribution is -0.136. The van der Waals surface area contributed by atoms with Crippen molar-refractivity contribution in [3.63, 3.8) is 0 Å². The monoisotopic (exact) mass is 117 g/mol. The van der Waals surface area contributed by atoms with Crippen LogP contribution in [-0.2, 0) is 9.53 Å². The first kappa shape index (κ1) is 6.94. The highest BCUT2D eigenvalue weighted by molar-refractivity contribution is 5.83. The number of rotatable bonds is 1. The van der Waals surface area contributed by atoms with Gasteiger partial charge in [0, 0.05) is 6.42 Å². The Morgan fingerprint density at radius 2 is 2.12 bits per heavy atom. The third kappa shape index (κ3) is 3.14. The molecule has 0 radical (unpaired) electrons. The molecule has 0 spiro atoms. The molecular formula is C4H7NO3. The fraction of sp³-hybridized carbons (Fsp3) is 0.500. The average Bonchev–Trinajstić information content (AvgIpc) is 1.65. The van der Waals surface area contributed by atoms with Crippen molar-refractivity contribution in [3.8, 4) is 0 Å². The summed E-state index contributed by atoms with van der Waals surface area (Å²) < 4.78 is 3.90. The molecule has 0 heterocycles. The van der Waals surface area contributed by atoms with Gasteiger partial charge in [-0.15, -0.1) is 0 Å². The highest BCUT2D eigenvalue weighted by atomic mass is 16.6. The maximum absolute atomic E-state index is 10.1. The second-order valence-electron chi connectivity index (χ2n) is 1.15. The molecule has 46 valence electrons. The van der Waals surface area contributed by atoms with E-state index in [-0.39, 0.29) is 6.42 Å². The van der Waals surface area contributed by atoms with Crippen molar-refractivity contribution < 1.29 is 14.3 Å². The first-order valence-electron chi connectivity index (χ1n) is 2.17. The van der Waals surface area contributed by atoms with Gasteiger partial charge in [-0.25, -0.2) is 4.79 Å². The van der Waals surface area contributed by atoms with Gasteiger partial charge in [-0.2, -0.15) is 0 Å². The molecule has 8 heavy (non-hydrogen) atoms. The molecule has 4 heteroatoms. The molecule has 0 fully saturated rings. The number of carbonyl (C=O) groups excluding carboxylic acids is 2. The number of hydrogen-bond acceptors (Lipinski definition) is 3. The molecule has 0 saturated carbocycles. The molecule has 0 unspecified atom stereocenters. The van der Waals surface area contributed by atoms with Gasteiger partial charge in [-0.3, -0.25) is 4.79 Å². The zero-order valence-electron chi connectivity index (χ0n) is 4.51. The summed E-state index contributed by atoms with van der Waals surface area (Å²) >= 11 is 0. The molecule has 1 amide bonds. The minimum atomic E-state index is -1.04.